The van der Waals surface area contributed by atoms with Crippen molar-refractivity contribution < 1.29 is 28.6 Å². The van der Waals surface area contributed by atoms with Crippen LogP contribution in [0.25, 0.3) is 0 Å². The molecule has 0 rings (SSSR count). The minimum absolute atomic E-state index is 0.336. The highest BCUT2D eigenvalue weighted by molar-refractivity contribution is 7.51. The lowest BCUT2D eigenvalue weighted by Crippen LogP contribution is -1.96. The summed E-state index contributed by atoms with van der Waals surface area (Å²) in [6, 6.07) is 0. The Hall–Kier alpha value is -0.710. The maximum absolute atomic E-state index is 12.0. The Balaban J connectivity index is 4.15. The summed E-state index contributed by atoms with van der Waals surface area (Å²) in [5.74, 6) is -3.40. The Kier molecular flexibility index (Phi) is 3.38. The average Bonchev–Trinajstić information content (AvgIpc) is 1.80. The molecule has 0 aromatic rings. The van der Waals surface area contributed by atoms with Crippen molar-refractivity contribution >= 4 is 13.6 Å². The second kappa shape index (κ2) is 3.61. The molecule has 3 N–H and O–H groups in total. The van der Waals surface area contributed by atoms with Gasteiger partial charge in [-0.1, -0.05) is 0 Å². The van der Waals surface area contributed by atoms with E-state index < -0.39 is 25.6 Å². The van der Waals surface area contributed by atoms with Crippen molar-refractivity contribution in [3.05, 3.63) is 11.9 Å². The molecule has 0 unspecified atom stereocenters. The monoisotopic (exact) mass is 184 g/mol. The van der Waals surface area contributed by atoms with Crippen LogP contribution in [0.15, 0.2) is 11.9 Å². The third-order valence-electron chi connectivity index (χ3n) is 0.713. The van der Waals surface area contributed by atoms with Gasteiger partial charge in [0.25, 0.3) is 0 Å². The highest BCUT2D eigenvalue weighted by atomic mass is 31.2. The van der Waals surface area contributed by atoms with Gasteiger partial charge in [-0.15, -0.1) is 0 Å². The van der Waals surface area contributed by atoms with Crippen LogP contribution in [-0.4, -0.2) is 27.0 Å². The molecule has 0 bridgehead atoms. The fraction of sp³-hybridized carbons (Fsp3) is 0.250. The van der Waals surface area contributed by atoms with Crippen molar-refractivity contribution in [1.29, 1.82) is 0 Å². The lowest BCUT2D eigenvalue weighted by molar-refractivity contribution is -0.134. The fourth-order valence-corrected chi connectivity index (χ4v) is 0.685. The van der Waals surface area contributed by atoms with E-state index in [1.807, 2.05) is 0 Å². The number of allylic oxidation sites excluding steroid dienone is 1. The molecule has 64 valence electrons. The van der Waals surface area contributed by atoms with Gasteiger partial charge < -0.3 is 14.9 Å². The van der Waals surface area contributed by atoms with Crippen molar-refractivity contribution in [2.75, 3.05) is 6.16 Å². The number of carboxylic acid groups (broad SMARTS) is 1. The lowest BCUT2D eigenvalue weighted by atomic mass is 10.5. The van der Waals surface area contributed by atoms with E-state index in [9.17, 15) is 13.8 Å². The van der Waals surface area contributed by atoms with Crippen molar-refractivity contribution in [2.24, 2.45) is 0 Å². The third kappa shape index (κ3) is 5.72. The number of hydrogen-bond donors (Lipinski definition) is 3. The van der Waals surface area contributed by atoms with Crippen LogP contribution in [0.4, 0.5) is 4.39 Å². The smallest absolute Gasteiger partial charge is 0.364 e. The molecule has 0 aliphatic rings. The Bertz CT molecular complexity index is 229. The summed E-state index contributed by atoms with van der Waals surface area (Å²) in [5.41, 5.74) is 0. The highest BCUT2D eigenvalue weighted by Crippen LogP contribution is 2.34. The van der Waals surface area contributed by atoms with Crippen LogP contribution >= 0.6 is 7.60 Å². The first-order chi connectivity index (χ1) is 4.83. The molecule has 0 saturated carbocycles. The normalized spacial score (nSPS) is 13.2. The third-order valence-corrected chi connectivity index (χ3v) is 1.37. The van der Waals surface area contributed by atoms with Gasteiger partial charge in [-0.05, 0) is 6.08 Å². The molecular weight excluding hydrogens is 178 g/mol. The molecule has 0 aromatic carbocycles. The van der Waals surface area contributed by atoms with Crippen LogP contribution in [0.3, 0.4) is 0 Å². The molecule has 11 heavy (non-hydrogen) atoms. The van der Waals surface area contributed by atoms with Crippen molar-refractivity contribution in [3.8, 4) is 0 Å². The van der Waals surface area contributed by atoms with E-state index in [1.54, 1.807) is 0 Å². The summed E-state index contributed by atoms with van der Waals surface area (Å²) < 4.78 is 22.0. The summed E-state index contributed by atoms with van der Waals surface area (Å²) in [7, 11) is -4.34. The minimum Gasteiger partial charge on any atom is -0.476 e. The molecule has 0 saturated heterocycles. The second-order valence-corrected chi connectivity index (χ2v) is 3.40. The molecule has 0 aliphatic heterocycles. The molecule has 0 aromatic heterocycles. The summed E-state index contributed by atoms with van der Waals surface area (Å²) in [4.78, 5) is 26.0. The van der Waals surface area contributed by atoms with Gasteiger partial charge in [0.05, 0.1) is 6.16 Å². The van der Waals surface area contributed by atoms with Crippen LogP contribution < -0.4 is 0 Å². The molecular formula is C4H6FO5P. The number of carbonyl (C=O) groups is 1. The molecule has 0 aliphatic carbocycles. The highest BCUT2D eigenvalue weighted by Gasteiger charge is 2.13. The maximum atomic E-state index is 12.0. The predicted molar refractivity (Wildman–Crippen MR) is 33.7 cm³/mol. The van der Waals surface area contributed by atoms with Gasteiger partial charge in [0.15, 0.2) is 0 Å². The molecule has 7 heteroatoms. The van der Waals surface area contributed by atoms with E-state index in [0.717, 1.165) is 0 Å². The van der Waals surface area contributed by atoms with Crippen LogP contribution in [0, 0.1) is 0 Å². The molecule has 0 amide bonds. The second-order valence-electron chi connectivity index (χ2n) is 1.70. The zero-order chi connectivity index (χ0) is 9.07. The van der Waals surface area contributed by atoms with E-state index in [2.05, 4.69) is 0 Å². The van der Waals surface area contributed by atoms with Crippen LogP contribution in [0.2, 0.25) is 0 Å². The Labute approximate surface area is 61.3 Å². The standard InChI is InChI=1S/C4H6FO5P/c5-3(4(6)7)1-2-11(8,9)10/h1H,2H2,(H,6,7)(H2,8,9,10). The molecule has 0 fully saturated rings. The van der Waals surface area contributed by atoms with Gasteiger partial charge in [0, 0.05) is 0 Å². The zero-order valence-corrected chi connectivity index (χ0v) is 6.16. The number of rotatable bonds is 3. The molecule has 0 spiro atoms. The Morgan fingerprint density at radius 2 is 2.00 bits per heavy atom. The lowest BCUT2D eigenvalue weighted by Gasteiger charge is -1.96. The molecule has 5 nitrogen and oxygen atoms in total. The van der Waals surface area contributed by atoms with E-state index in [-0.39, 0.29) is 0 Å². The minimum atomic E-state index is -4.34. The van der Waals surface area contributed by atoms with Gasteiger partial charge in [0.2, 0.25) is 5.83 Å². The van der Waals surface area contributed by atoms with Gasteiger partial charge in [0.1, 0.15) is 0 Å². The number of halogens is 1. The van der Waals surface area contributed by atoms with Crippen LogP contribution in [0.1, 0.15) is 0 Å². The quantitative estimate of drug-likeness (QED) is 0.427. The topological polar surface area (TPSA) is 94.8 Å². The van der Waals surface area contributed by atoms with Gasteiger partial charge in [-0.2, -0.15) is 4.39 Å². The van der Waals surface area contributed by atoms with Gasteiger partial charge in [-0.3, -0.25) is 4.57 Å². The van der Waals surface area contributed by atoms with E-state index in [4.69, 9.17) is 14.9 Å². The van der Waals surface area contributed by atoms with Crippen LogP contribution in [0.5, 0.6) is 0 Å². The fourth-order valence-electron chi connectivity index (χ4n) is 0.286. The average molecular weight is 184 g/mol. The van der Waals surface area contributed by atoms with Gasteiger partial charge >= 0.3 is 13.6 Å². The summed E-state index contributed by atoms with van der Waals surface area (Å²) in [6.45, 7) is 0. The molecule has 0 atom stereocenters. The maximum Gasteiger partial charge on any atom is 0.364 e. The van der Waals surface area contributed by atoms with E-state index in [0.29, 0.717) is 6.08 Å². The first-order valence-electron chi connectivity index (χ1n) is 2.46. The van der Waals surface area contributed by atoms with E-state index >= 15 is 0 Å². The first-order valence-corrected chi connectivity index (χ1v) is 4.26. The SMILES string of the molecule is O=C(O)C(F)=CCP(=O)(O)O. The summed E-state index contributed by atoms with van der Waals surface area (Å²) in [6.07, 6.45) is -0.561. The Morgan fingerprint density at radius 3 is 2.27 bits per heavy atom. The molecule has 0 radical (unpaired) electrons. The number of carboxylic acids is 1. The van der Waals surface area contributed by atoms with E-state index in [1.165, 1.54) is 0 Å². The zero-order valence-electron chi connectivity index (χ0n) is 5.27. The van der Waals surface area contributed by atoms with Crippen molar-refractivity contribution in [2.45, 2.75) is 0 Å². The predicted octanol–water partition coefficient (Wildman–Crippen LogP) is 0.102. The molecule has 0 heterocycles. The van der Waals surface area contributed by atoms with Gasteiger partial charge in [-0.25, -0.2) is 4.79 Å². The van der Waals surface area contributed by atoms with Crippen LogP contribution in [-0.2, 0) is 9.36 Å². The Morgan fingerprint density at radius 1 is 1.55 bits per heavy atom. The first kappa shape index (κ1) is 10.3. The summed E-state index contributed by atoms with van der Waals surface area (Å²) >= 11 is 0. The summed E-state index contributed by atoms with van der Waals surface area (Å²) in [5, 5.41) is 7.88. The largest absolute Gasteiger partial charge is 0.476 e. The van der Waals surface area contributed by atoms with Crippen molar-refractivity contribution in [1.82, 2.24) is 0 Å². The number of hydrogen-bond acceptors (Lipinski definition) is 2. The number of aliphatic carboxylic acids is 1. The van der Waals surface area contributed by atoms with Crippen molar-refractivity contribution in [3.63, 3.8) is 0 Å².